The molecular formula is C28H18O3. The molecule has 3 nitrogen and oxygen atoms in total. The van der Waals surface area contributed by atoms with Crippen LogP contribution in [-0.2, 0) is 5.60 Å². The molecule has 148 valence electrons. The van der Waals surface area contributed by atoms with Gasteiger partial charge in [0.25, 0.3) is 0 Å². The van der Waals surface area contributed by atoms with Gasteiger partial charge in [-0.15, -0.1) is 0 Å². The van der Waals surface area contributed by atoms with Crippen LogP contribution in [0, 0.1) is 0 Å². The van der Waals surface area contributed by atoms with Crippen molar-refractivity contribution in [1.29, 1.82) is 0 Å². The summed E-state index contributed by atoms with van der Waals surface area (Å²) in [5, 5.41) is 1.14. The number of para-hydroxylation sites is 1. The second-order valence-electron chi connectivity index (χ2n) is 7.68. The second kappa shape index (κ2) is 6.71. The number of fused-ring (bicyclic) bond motifs is 4. The molecule has 0 aliphatic carbocycles. The Kier molecular flexibility index (Phi) is 3.84. The Hall–Kier alpha value is -4.11. The Morgan fingerprint density at radius 1 is 0.645 bits per heavy atom. The highest BCUT2D eigenvalue weighted by Gasteiger charge is 2.37. The average molecular weight is 402 g/mol. The maximum atomic E-state index is 13.0. The van der Waals surface area contributed by atoms with E-state index in [0.29, 0.717) is 27.7 Å². The van der Waals surface area contributed by atoms with E-state index in [1.807, 2.05) is 66.7 Å². The first-order valence-electron chi connectivity index (χ1n) is 10.2. The predicted molar refractivity (Wildman–Crippen MR) is 123 cm³/mol. The van der Waals surface area contributed by atoms with Gasteiger partial charge in [-0.25, -0.2) is 0 Å². The third kappa shape index (κ3) is 2.63. The molecule has 1 aliphatic heterocycles. The van der Waals surface area contributed by atoms with Gasteiger partial charge < -0.3 is 9.15 Å². The van der Waals surface area contributed by atoms with E-state index in [1.165, 1.54) is 0 Å². The van der Waals surface area contributed by atoms with Crippen molar-refractivity contribution in [3.05, 3.63) is 130 Å². The van der Waals surface area contributed by atoms with Gasteiger partial charge in [0.05, 0.1) is 16.3 Å². The molecule has 4 aromatic carbocycles. The molecule has 0 fully saturated rings. The Morgan fingerprint density at radius 2 is 1.29 bits per heavy atom. The molecule has 3 heteroatoms. The minimum absolute atomic E-state index is 0.0315. The van der Waals surface area contributed by atoms with Crippen molar-refractivity contribution in [1.82, 2.24) is 0 Å². The van der Waals surface area contributed by atoms with E-state index in [0.717, 1.165) is 16.7 Å². The van der Waals surface area contributed by atoms with Crippen molar-refractivity contribution < 1.29 is 9.15 Å². The summed E-state index contributed by atoms with van der Waals surface area (Å²) in [5.74, 6) is 0.682. The molecule has 1 aliphatic rings. The van der Waals surface area contributed by atoms with E-state index in [9.17, 15) is 4.79 Å². The van der Waals surface area contributed by atoms with E-state index in [4.69, 9.17) is 9.15 Å². The summed E-state index contributed by atoms with van der Waals surface area (Å²) in [6.07, 6.45) is 4.06. The summed E-state index contributed by atoms with van der Waals surface area (Å²) in [4.78, 5) is 13.0. The zero-order chi connectivity index (χ0) is 20.8. The van der Waals surface area contributed by atoms with Crippen molar-refractivity contribution in [2.75, 3.05) is 0 Å². The molecule has 0 saturated carbocycles. The van der Waals surface area contributed by atoms with Gasteiger partial charge in [-0.05, 0) is 36.4 Å². The Labute approximate surface area is 178 Å². The molecule has 6 rings (SSSR count). The lowest BCUT2D eigenvalue weighted by molar-refractivity contribution is 0.161. The molecular weight excluding hydrogens is 384 g/mol. The van der Waals surface area contributed by atoms with Crippen molar-refractivity contribution in [2.45, 2.75) is 5.60 Å². The maximum absolute atomic E-state index is 13.0. The molecule has 0 radical (unpaired) electrons. The van der Waals surface area contributed by atoms with E-state index in [2.05, 4.69) is 30.3 Å². The van der Waals surface area contributed by atoms with Crippen LogP contribution in [0.2, 0.25) is 0 Å². The highest BCUT2D eigenvalue weighted by Crippen LogP contribution is 2.44. The molecule has 0 unspecified atom stereocenters. The minimum atomic E-state index is -0.764. The van der Waals surface area contributed by atoms with Crippen LogP contribution in [0.1, 0.15) is 16.7 Å². The molecule has 31 heavy (non-hydrogen) atoms. The number of ether oxygens (including phenoxy) is 1. The molecule has 5 aromatic rings. The van der Waals surface area contributed by atoms with Crippen LogP contribution in [0.4, 0.5) is 0 Å². The summed E-state index contributed by atoms with van der Waals surface area (Å²) < 4.78 is 12.9. The van der Waals surface area contributed by atoms with Gasteiger partial charge in [0.2, 0.25) is 5.43 Å². The summed E-state index contributed by atoms with van der Waals surface area (Å²) >= 11 is 0. The van der Waals surface area contributed by atoms with E-state index in [1.54, 1.807) is 12.1 Å². The van der Waals surface area contributed by atoms with Gasteiger partial charge >= 0.3 is 0 Å². The largest absolute Gasteiger partial charge is 0.473 e. The summed E-state index contributed by atoms with van der Waals surface area (Å²) in [5.41, 5.74) is 3.17. The van der Waals surface area contributed by atoms with Gasteiger partial charge in [0, 0.05) is 11.1 Å². The smallest absolute Gasteiger partial charge is 0.200 e. The normalized spacial score (nSPS) is 14.3. The number of rotatable bonds is 2. The van der Waals surface area contributed by atoms with Crippen LogP contribution in [0.15, 0.2) is 112 Å². The fourth-order valence-electron chi connectivity index (χ4n) is 4.37. The van der Waals surface area contributed by atoms with Crippen LogP contribution in [-0.4, -0.2) is 0 Å². The van der Waals surface area contributed by atoms with E-state index < -0.39 is 5.60 Å². The second-order valence-corrected chi connectivity index (χ2v) is 7.68. The summed E-state index contributed by atoms with van der Waals surface area (Å²) in [7, 11) is 0. The zero-order valence-electron chi connectivity index (χ0n) is 16.6. The molecule has 0 spiro atoms. The van der Waals surface area contributed by atoms with Crippen LogP contribution < -0.4 is 10.2 Å². The summed E-state index contributed by atoms with van der Waals surface area (Å²) in [6.45, 7) is 0. The van der Waals surface area contributed by atoms with Crippen LogP contribution >= 0.6 is 0 Å². The molecule has 0 amide bonds. The van der Waals surface area contributed by atoms with Crippen molar-refractivity contribution >= 4 is 28.0 Å². The van der Waals surface area contributed by atoms with Gasteiger partial charge in [-0.3, -0.25) is 4.79 Å². The molecule has 0 atom stereocenters. The van der Waals surface area contributed by atoms with Gasteiger partial charge in [-0.1, -0.05) is 72.8 Å². The maximum Gasteiger partial charge on any atom is 0.200 e. The fraction of sp³-hybridized carbons (Fsp3) is 0.0357. The topological polar surface area (TPSA) is 39.4 Å². The lowest BCUT2D eigenvalue weighted by atomic mass is 9.83. The van der Waals surface area contributed by atoms with Crippen molar-refractivity contribution in [2.24, 2.45) is 0 Å². The Morgan fingerprint density at radius 3 is 2.00 bits per heavy atom. The van der Waals surface area contributed by atoms with Gasteiger partial charge in [-0.2, -0.15) is 0 Å². The number of hydrogen-bond acceptors (Lipinski definition) is 3. The van der Waals surface area contributed by atoms with Crippen LogP contribution in [0.5, 0.6) is 5.75 Å². The lowest BCUT2D eigenvalue weighted by Gasteiger charge is -2.36. The first kappa shape index (κ1) is 17.7. The Balaban J connectivity index is 1.62. The monoisotopic (exact) mass is 402 g/mol. The predicted octanol–water partition coefficient (Wildman–Crippen LogP) is 6.30. The third-order valence-corrected chi connectivity index (χ3v) is 5.91. The fourth-order valence-corrected chi connectivity index (χ4v) is 4.37. The van der Waals surface area contributed by atoms with Crippen LogP contribution in [0.3, 0.4) is 0 Å². The minimum Gasteiger partial charge on any atom is -0.473 e. The van der Waals surface area contributed by atoms with E-state index >= 15 is 0 Å². The van der Waals surface area contributed by atoms with Crippen molar-refractivity contribution in [3.8, 4) is 5.75 Å². The first-order chi connectivity index (χ1) is 15.3. The highest BCUT2D eigenvalue weighted by atomic mass is 16.5. The third-order valence-electron chi connectivity index (χ3n) is 5.91. The van der Waals surface area contributed by atoms with Gasteiger partial charge in [0.1, 0.15) is 16.9 Å². The quantitative estimate of drug-likeness (QED) is 0.326. The molecule has 2 heterocycles. The number of benzene rings is 4. The molecule has 0 N–H and O–H groups in total. The molecule has 0 saturated heterocycles. The average Bonchev–Trinajstić information content (AvgIpc) is 2.85. The van der Waals surface area contributed by atoms with E-state index in [-0.39, 0.29) is 5.43 Å². The SMILES string of the molecule is O=c1c2ccccc2oc2c3c(ccc12)OC(c1ccccc1)(c1ccccc1)C=C3. The first-order valence-corrected chi connectivity index (χ1v) is 10.2. The van der Waals surface area contributed by atoms with Crippen LogP contribution in [0.25, 0.3) is 28.0 Å². The van der Waals surface area contributed by atoms with Gasteiger partial charge in [0.15, 0.2) is 5.60 Å². The number of hydrogen-bond donors (Lipinski definition) is 0. The lowest BCUT2D eigenvalue weighted by Crippen LogP contribution is -2.34. The highest BCUT2D eigenvalue weighted by molar-refractivity contribution is 5.95. The van der Waals surface area contributed by atoms with Crippen molar-refractivity contribution in [3.63, 3.8) is 0 Å². The summed E-state index contributed by atoms with van der Waals surface area (Å²) in [6, 6.07) is 31.3. The molecule has 0 bridgehead atoms. The molecule has 1 aromatic heterocycles. The standard InChI is InChI=1S/C28H18O3/c29-26-21-13-7-8-14-24(21)30-27-22-17-18-28(19-9-3-1-4-10-19,20-11-5-2-6-12-20)31-25(22)16-15-23(26)27/h1-18H. The zero-order valence-corrected chi connectivity index (χ0v) is 16.6. The Bertz CT molecular complexity index is 1470.